The lowest BCUT2D eigenvalue weighted by Crippen LogP contribution is -1.96. The molecule has 0 spiro atoms. The van der Waals surface area contributed by atoms with Gasteiger partial charge in [-0.1, -0.05) is 212 Å². The molecule has 0 saturated carbocycles. The molecule has 0 N–H and O–H groups in total. The molecule has 60 heavy (non-hydrogen) atoms. The number of hydrogen-bond acceptors (Lipinski definition) is 2. The maximum absolute atomic E-state index is 5.21. The van der Waals surface area contributed by atoms with E-state index in [1.165, 1.54) is 50.1 Å². The Bertz CT molecular complexity index is 3050. The van der Waals surface area contributed by atoms with Crippen molar-refractivity contribution in [3.63, 3.8) is 0 Å². The van der Waals surface area contributed by atoms with Gasteiger partial charge in [0.1, 0.15) is 0 Å². The molecular weight excluding hydrogens is 725 g/mol. The molecule has 1 heterocycles. The van der Waals surface area contributed by atoms with E-state index in [1.54, 1.807) is 0 Å². The molecule has 0 saturated heterocycles. The Morgan fingerprint density at radius 1 is 0.167 bits per heavy atom. The van der Waals surface area contributed by atoms with Crippen molar-refractivity contribution in [1.82, 2.24) is 9.97 Å². The molecule has 0 fully saturated rings. The number of aromatic nitrogens is 2. The third kappa shape index (κ3) is 7.83. The molecule has 0 aliphatic heterocycles. The van der Waals surface area contributed by atoms with Crippen LogP contribution in [0.4, 0.5) is 0 Å². The van der Waals surface area contributed by atoms with Crippen LogP contribution in [0.2, 0.25) is 0 Å². The van der Waals surface area contributed by atoms with Crippen LogP contribution in [0.1, 0.15) is 0 Å². The number of rotatable bonds is 9. The fraction of sp³-hybridized carbons (Fsp3) is 0. The van der Waals surface area contributed by atoms with Crippen molar-refractivity contribution in [2.75, 3.05) is 0 Å². The van der Waals surface area contributed by atoms with E-state index < -0.39 is 0 Å². The van der Waals surface area contributed by atoms with Crippen LogP contribution < -0.4 is 0 Å². The van der Waals surface area contributed by atoms with Gasteiger partial charge in [0.15, 0.2) is 5.82 Å². The van der Waals surface area contributed by atoms with Crippen molar-refractivity contribution in [2.45, 2.75) is 0 Å². The van der Waals surface area contributed by atoms with E-state index in [9.17, 15) is 0 Å². The van der Waals surface area contributed by atoms with Crippen LogP contribution in [0.15, 0.2) is 243 Å². The normalized spacial score (nSPS) is 11.0. The maximum Gasteiger partial charge on any atom is 0.160 e. The molecule has 0 amide bonds. The molecule has 10 rings (SSSR count). The van der Waals surface area contributed by atoms with Crippen LogP contribution in [-0.4, -0.2) is 9.97 Å². The highest BCUT2D eigenvalue weighted by Gasteiger charge is 2.13. The highest BCUT2D eigenvalue weighted by atomic mass is 14.9. The molecule has 2 nitrogen and oxygen atoms in total. The van der Waals surface area contributed by atoms with E-state index in [2.05, 4.69) is 243 Å². The van der Waals surface area contributed by atoms with E-state index in [-0.39, 0.29) is 0 Å². The van der Waals surface area contributed by atoms with Crippen LogP contribution >= 0.6 is 0 Å². The zero-order valence-corrected chi connectivity index (χ0v) is 33.0. The molecule has 1 aromatic heterocycles. The fourth-order valence-electron chi connectivity index (χ4n) is 7.90. The molecule has 0 radical (unpaired) electrons. The second-order valence-electron chi connectivity index (χ2n) is 15.0. The SMILES string of the molecule is c1ccc(-c2cccc(-c3ccc(-c4nc(-c5ccc(-c6cccc(-c7cccc(-c8ccccc8)c7)c6)cc5)cc(-c5cccc(-c6ccccc6)c5)n4)cc3)c2)cc1. The molecule has 0 aliphatic carbocycles. The number of hydrogen-bond donors (Lipinski definition) is 0. The van der Waals surface area contributed by atoms with Gasteiger partial charge in [-0.05, 0) is 97.1 Å². The lowest BCUT2D eigenvalue weighted by atomic mass is 9.95. The van der Waals surface area contributed by atoms with Crippen LogP contribution in [0.25, 0.3) is 101 Å². The Morgan fingerprint density at radius 2 is 0.417 bits per heavy atom. The van der Waals surface area contributed by atoms with Crippen LogP contribution in [0, 0.1) is 0 Å². The lowest BCUT2D eigenvalue weighted by molar-refractivity contribution is 1.18. The summed E-state index contributed by atoms with van der Waals surface area (Å²) in [5, 5.41) is 0. The molecular formula is C58H40N2. The lowest BCUT2D eigenvalue weighted by Gasteiger charge is -2.12. The summed E-state index contributed by atoms with van der Waals surface area (Å²) in [5.41, 5.74) is 18.9. The van der Waals surface area contributed by atoms with Gasteiger partial charge in [0.25, 0.3) is 0 Å². The van der Waals surface area contributed by atoms with Crippen LogP contribution in [0.5, 0.6) is 0 Å². The Hall–Kier alpha value is -7.94. The predicted octanol–water partition coefficient (Wildman–Crippen LogP) is 15.5. The number of nitrogens with zero attached hydrogens (tertiary/aromatic N) is 2. The third-order valence-electron chi connectivity index (χ3n) is 11.1. The first-order valence-corrected chi connectivity index (χ1v) is 20.4. The topological polar surface area (TPSA) is 25.8 Å². The Kier molecular flexibility index (Phi) is 10.0. The Morgan fingerprint density at radius 3 is 0.800 bits per heavy atom. The van der Waals surface area contributed by atoms with Gasteiger partial charge in [-0.25, -0.2) is 9.97 Å². The van der Waals surface area contributed by atoms with Gasteiger partial charge >= 0.3 is 0 Å². The zero-order valence-electron chi connectivity index (χ0n) is 33.0. The molecule has 282 valence electrons. The van der Waals surface area contributed by atoms with E-state index in [4.69, 9.17) is 9.97 Å². The van der Waals surface area contributed by atoms with Gasteiger partial charge in [-0.2, -0.15) is 0 Å². The Balaban J connectivity index is 0.993. The van der Waals surface area contributed by atoms with Gasteiger partial charge in [-0.3, -0.25) is 0 Å². The second-order valence-corrected chi connectivity index (χ2v) is 15.0. The van der Waals surface area contributed by atoms with Crippen molar-refractivity contribution in [1.29, 1.82) is 0 Å². The summed E-state index contributed by atoms with van der Waals surface area (Å²) in [5.74, 6) is 0.687. The van der Waals surface area contributed by atoms with Crippen molar-refractivity contribution >= 4 is 0 Å². The van der Waals surface area contributed by atoms with Gasteiger partial charge in [0, 0.05) is 16.7 Å². The number of benzene rings is 9. The van der Waals surface area contributed by atoms with Crippen molar-refractivity contribution in [3.8, 4) is 101 Å². The minimum absolute atomic E-state index is 0.687. The molecule has 0 bridgehead atoms. The molecule has 0 aliphatic rings. The minimum Gasteiger partial charge on any atom is -0.228 e. The summed E-state index contributed by atoms with van der Waals surface area (Å²) in [6, 6.07) is 85.9. The predicted molar refractivity (Wildman–Crippen MR) is 251 cm³/mol. The van der Waals surface area contributed by atoms with E-state index in [0.29, 0.717) is 5.82 Å². The maximum atomic E-state index is 5.21. The standard InChI is InChI=1S/C58H40N2/c1-4-14-41(15-5-1)48-20-10-22-50(36-48)45-30-34-47(35-31-45)58-59-56(40-57(60-58)55-27-13-24-52(39-55)43-18-8-3-9-19-43)46-32-28-44(29-33-46)51-23-12-26-54(38-51)53-25-11-21-49(37-53)42-16-6-2-7-17-42/h1-40H. The van der Waals surface area contributed by atoms with Gasteiger partial charge in [0.05, 0.1) is 11.4 Å². The second kappa shape index (κ2) is 16.5. The highest BCUT2D eigenvalue weighted by molar-refractivity contribution is 5.80. The summed E-state index contributed by atoms with van der Waals surface area (Å²) in [4.78, 5) is 10.4. The quantitative estimate of drug-likeness (QED) is 0.146. The minimum atomic E-state index is 0.687. The van der Waals surface area contributed by atoms with Gasteiger partial charge in [0.2, 0.25) is 0 Å². The van der Waals surface area contributed by atoms with Crippen molar-refractivity contribution in [3.05, 3.63) is 243 Å². The molecule has 10 aromatic rings. The summed E-state index contributed by atoms with van der Waals surface area (Å²) in [7, 11) is 0. The molecule has 9 aromatic carbocycles. The van der Waals surface area contributed by atoms with Crippen molar-refractivity contribution < 1.29 is 0 Å². The largest absolute Gasteiger partial charge is 0.228 e. The Labute approximate surface area is 351 Å². The first kappa shape index (κ1) is 36.4. The van der Waals surface area contributed by atoms with E-state index >= 15 is 0 Å². The first-order chi connectivity index (χ1) is 29.7. The monoisotopic (exact) mass is 764 g/mol. The van der Waals surface area contributed by atoms with Crippen LogP contribution in [-0.2, 0) is 0 Å². The zero-order chi connectivity index (χ0) is 40.1. The third-order valence-corrected chi connectivity index (χ3v) is 11.1. The summed E-state index contributed by atoms with van der Waals surface area (Å²) in [6.07, 6.45) is 0. The summed E-state index contributed by atoms with van der Waals surface area (Å²) < 4.78 is 0. The average molecular weight is 765 g/mol. The first-order valence-electron chi connectivity index (χ1n) is 20.4. The van der Waals surface area contributed by atoms with Gasteiger partial charge in [-0.15, -0.1) is 0 Å². The summed E-state index contributed by atoms with van der Waals surface area (Å²) >= 11 is 0. The molecule has 0 atom stereocenters. The molecule has 0 unspecified atom stereocenters. The van der Waals surface area contributed by atoms with E-state index in [0.717, 1.165) is 44.8 Å². The highest BCUT2D eigenvalue weighted by Crippen LogP contribution is 2.34. The van der Waals surface area contributed by atoms with Crippen LogP contribution in [0.3, 0.4) is 0 Å². The fourth-order valence-corrected chi connectivity index (χ4v) is 7.90. The smallest absolute Gasteiger partial charge is 0.160 e. The average Bonchev–Trinajstić information content (AvgIpc) is 3.35. The van der Waals surface area contributed by atoms with Gasteiger partial charge < -0.3 is 0 Å². The van der Waals surface area contributed by atoms with Crippen molar-refractivity contribution in [2.24, 2.45) is 0 Å². The molecule has 2 heteroatoms. The van der Waals surface area contributed by atoms with E-state index in [1.807, 2.05) is 0 Å². The summed E-state index contributed by atoms with van der Waals surface area (Å²) in [6.45, 7) is 0.